The summed E-state index contributed by atoms with van der Waals surface area (Å²) in [6.45, 7) is 9.24. The molecule has 1 fully saturated rings. The van der Waals surface area contributed by atoms with Crippen molar-refractivity contribution in [3.63, 3.8) is 0 Å². The fraction of sp³-hybridized carbons (Fsp3) is 0.786. The lowest BCUT2D eigenvalue weighted by Crippen LogP contribution is -2.24. The maximum atomic E-state index is 9.60. The van der Waals surface area contributed by atoms with Crippen LogP contribution >= 0.6 is 0 Å². The van der Waals surface area contributed by atoms with Crippen LogP contribution in [0.5, 0.6) is 0 Å². The summed E-state index contributed by atoms with van der Waals surface area (Å²) in [5.74, 6) is 0.432. The Morgan fingerprint density at radius 2 is 2.28 bits per heavy atom. The van der Waals surface area contributed by atoms with Gasteiger partial charge in [-0.3, -0.25) is 9.58 Å². The van der Waals surface area contributed by atoms with Gasteiger partial charge in [-0.1, -0.05) is 6.92 Å². The van der Waals surface area contributed by atoms with Crippen LogP contribution in [0, 0.1) is 5.92 Å². The van der Waals surface area contributed by atoms with Gasteiger partial charge in [-0.25, -0.2) is 0 Å². The van der Waals surface area contributed by atoms with Crippen LogP contribution in [0.4, 0.5) is 0 Å². The first kappa shape index (κ1) is 13.6. The second kappa shape index (κ2) is 5.85. The number of aliphatic hydroxyl groups excluding tert-OH is 1. The molecule has 18 heavy (non-hydrogen) atoms. The fourth-order valence-electron chi connectivity index (χ4n) is 2.52. The Morgan fingerprint density at radius 1 is 1.50 bits per heavy atom. The van der Waals surface area contributed by atoms with Crippen molar-refractivity contribution in [2.75, 3.05) is 13.1 Å². The lowest BCUT2D eigenvalue weighted by molar-refractivity contribution is 0.127. The quantitative estimate of drug-likeness (QED) is 0.871. The number of likely N-dealkylation sites (tertiary alicyclic amines) is 1. The lowest BCUT2D eigenvalue weighted by Gasteiger charge is -2.16. The molecule has 2 heterocycles. The van der Waals surface area contributed by atoms with E-state index < -0.39 is 0 Å². The van der Waals surface area contributed by atoms with Crippen molar-refractivity contribution in [1.82, 2.24) is 14.7 Å². The first-order chi connectivity index (χ1) is 8.60. The molecule has 0 aromatic carbocycles. The normalized spacial score (nSPS) is 24.3. The molecule has 0 bridgehead atoms. The van der Waals surface area contributed by atoms with Crippen molar-refractivity contribution in [2.24, 2.45) is 5.92 Å². The first-order valence-electron chi connectivity index (χ1n) is 7.04. The van der Waals surface area contributed by atoms with E-state index in [2.05, 4.69) is 40.8 Å². The molecule has 1 aliphatic heterocycles. The summed E-state index contributed by atoms with van der Waals surface area (Å²) in [6, 6.07) is 2.59. The Morgan fingerprint density at radius 3 is 2.89 bits per heavy atom. The summed E-state index contributed by atoms with van der Waals surface area (Å²) in [7, 11) is 0. The SMILES string of the molecule is CCC(C)n1ccc(CN2CCC(C(C)O)C2)n1. The summed E-state index contributed by atoms with van der Waals surface area (Å²) in [6.07, 6.45) is 4.09. The molecule has 0 spiro atoms. The van der Waals surface area contributed by atoms with Gasteiger partial charge in [0.05, 0.1) is 11.8 Å². The summed E-state index contributed by atoms with van der Waals surface area (Å²) in [5, 5.41) is 14.2. The van der Waals surface area contributed by atoms with Crippen LogP contribution in [0.25, 0.3) is 0 Å². The van der Waals surface area contributed by atoms with E-state index in [9.17, 15) is 5.11 Å². The summed E-state index contributed by atoms with van der Waals surface area (Å²) in [5.41, 5.74) is 1.14. The number of hydrogen-bond donors (Lipinski definition) is 1. The summed E-state index contributed by atoms with van der Waals surface area (Å²) < 4.78 is 2.05. The van der Waals surface area contributed by atoms with E-state index in [4.69, 9.17) is 0 Å². The zero-order chi connectivity index (χ0) is 13.1. The number of hydrogen-bond acceptors (Lipinski definition) is 3. The van der Waals surface area contributed by atoms with Crippen molar-refractivity contribution >= 4 is 0 Å². The molecular weight excluding hydrogens is 226 g/mol. The van der Waals surface area contributed by atoms with E-state index in [1.165, 1.54) is 0 Å². The van der Waals surface area contributed by atoms with Crippen molar-refractivity contribution in [2.45, 2.75) is 52.3 Å². The zero-order valence-corrected chi connectivity index (χ0v) is 11.7. The molecule has 0 radical (unpaired) electrons. The number of nitrogens with zero attached hydrogens (tertiary/aromatic N) is 3. The first-order valence-corrected chi connectivity index (χ1v) is 7.04. The Labute approximate surface area is 110 Å². The van der Waals surface area contributed by atoms with Gasteiger partial charge in [0, 0.05) is 25.3 Å². The number of aromatic nitrogens is 2. The molecular formula is C14H25N3O. The molecule has 3 unspecified atom stereocenters. The van der Waals surface area contributed by atoms with E-state index in [1.54, 1.807) is 0 Å². The van der Waals surface area contributed by atoms with Gasteiger partial charge >= 0.3 is 0 Å². The lowest BCUT2D eigenvalue weighted by atomic mass is 10.0. The van der Waals surface area contributed by atoms with E-state index in [1.807, 2.05) is 6.92 Å². The smallest absolute Gasteiger partial charge is 0.0764 e. The van der Waals surface area contributed by atoms with Gasteiger partial charge in [-0.15, -0.1) is 0 Å². The van der Waals surface area contributed by atoms with Crippen LogP contribution in [0.2, 0.25) is 0 Å². The second-order valence-electron chi connectivity index (χ2n) is 5.57. The average Bonchev–Trinajstić information content (AvgIpc) is 2.98. The van der Waals surface area contributed by atoms with E-state index in [0.717, 1.165) is 38.2 Å². The van der Waals surface area contributed by atoms with E-state index in [0.29, 0.717) is 12.0 Å². The molecule has 4 heteroatoms. The predicted octanol–water partition coefficient (Wildman–Crippen LogP) is 2.06. The zero-order valence-electron chi connectivity index (χ0n) is 11.7. The fourth-order valence-corrected chi connectivity index (χ4v) is 2.52. The van der Waals surface area contributed by atoms with Crippen molar-refractivity contribution in [3.8, 4) is 0 Å². The maximum Gasteiger partial charge on any atom is 0.0764 e. The second-order valence-corrected chi connectivity index (χ2v) is 5.57. The van der Waals surface area contributed by atoms with Crippen molar-refractivity contribution < 1.29 is 5.11 Å². The minimum absolute atomic E-state index is 0.187. The van der Waals surface area contributed by atoms with Crippen LogP contribution in [0.3, 0.4) is 0 Å². The van der Waals surface area contributed by atoms with Crippen molar-refractivity contribution in [3.05, 3.63) is 18.0 Å². The molecule has 1 aliphatic rings. The van der Waals surface area contributed by atoms with Gasteiger partial charge in [0.2, 0.25) is 0 Å². The summed E-state index contributed by atoms with van der Waals surface area (Å²) in [4.78, 5) is 2.39. The van der Waals surface area contributed by atoms with E-state index >= 15 is 0 Å². The Bertz CT molecular complexity index is 375. The average molecular weight is 251 g/mol. The Balaban J connectivity index is 1.89. The van der Waals surface area contributed by atoms with Crippen molar-refractivity contribution in [1.29, 1.82) is 0 Å². The minimum atomic E-state index is -0.187. The molecule has 1 aromatic rings. The van der Waals surface area contributed by atoms with Crippen LogP contribution in [-0.2, 0) is 6.54 Å². The largest absolute Gasteiger partial charge is 0.393 e. The highest BCUT2D eigenvalue weighted by molar-refractivity contribution is 5.00. The molecule has 102 valence electrons. The summed E-state index contributed by atoms with van der Waals surface area (Å²) >= 11 is 0. The third-order valence-corrected chi connectivity index (χ3v) is 4.08. The van der Waals surface area contributed by atoms with Crippen LogP contribution < -0.4 is 0 Å². The molecule has 3 atom stereocenters. The Hall–Kier alpha value is -0.870. The monoisotopic (exact) mass is 251 g/mol. The molecule has 1 N–H and O–H groups in total. The van der Waals surface area contributed by atoms with Gasteiger partial charge in [0.15, 0.2) is 0 Å². The molecule has 2 rings (SSSR count). The topological polar surface area (TPSA) is 41.3 Å². The molecule has 0 aliphatic carbocycles. The molecule has 4 nitrogen and oxygen atoms in total. The molecule has 1 saturated heterocycles. The number of aliphatic hydroxyl groups is 1. The van der Waals surface area contributed by atoms with Crippen LogP contribution in [0.1, 0.15) is 45.3 Å². The van der Waals surface area contributed by atoms with Crippen LogP contribution in [0.15, 0.2) is 12.3 Å². The van der Waals surface area contributed by atoms with Gasteiger partial charge in [-0.2, -0.15) is 5.10 Å². The van der Waals surface area contributed by atoms with E-state index in [-0.39, 0.29) is 6.10 Å². The van der Waals surface area contributed by atoms with Gasteiger partial charge in [-0.05, 0) is 45.2 Å². The molecule has 0 saturated carbocycles. The third kappa shape index (κ3) is 3.12. The Kier molecular flexibility index (Phi) is 4.40. The highest BCUT2D eigenvalue weighted by Crippen LogP contribution is 2.21. The minimum Gasteiger partial charge on any atom is -0.393 e. The molecule has 1 aromatic heterocycles. The van der Waals surface area contributed by atoms with Gasteiger partial charge in [0.25, 0.3) is 0 Å². The highest BCUT2D eigenvalue weighted by Gasteiger charge is 2.26. The van der Waals surface area contributed by atoms with Gasteiger partial charge in [0.1, 0.15) is 0 Å². The molecule has 0 amide bonds. The maximum absolute atomic E-state index is 9.60. The standard InChI is InChI=1S/C14H25N3O/c1-4-11(2)17-8-6-14(15-17)10-16-7-5-13(9-16)12(3)18/h6,8,11-13,18H,4-5,7,9-10H2,1-3H3. The predicted molar refractivity (Wildman–Crippen MR) is 72.3 cm³/mol. The van der Waals surface area contributed by atoms with Gasteiger partial charge < -0.3 is 5.11 Å². The number of rotatable bonds is 5. The highest BCUT2D eigenvalue weighted by atomic mass is 16.3. The third-order valence-electron chi connectivity index (χ3n) is 4.08. The van der Waals surface area contributed by atoms with Crippen LogP contribution in [-0.4, -0.2) is 39.0 Å².